The lowest BCUT2D eigenvalue weighted by Gasteiger charge is -2.13. The highest BCUT2D eigenvalue weighted by atomic mass is 19.4. The first kappa shape index (κ1) is 17.0. The Balaban J connectivity index is 2.15. The Hall–Kier alpha value is -2.37. The molecule has 23 heavy (non-hydrogen) atoms. The van der Waals surface area contributed by atoms with Crippen LogP contribution in [0.2, 0.25) is 0 Å². The fourth-order valence-electron chi connectivity index (χ4n) is 2.44. The molecule has 1 amide bonds. The Labute approximate surface area is 132 Å². The average molecular weight is 322 g/mol. The predicted molar refractivity (Wildman–Crippen MR) is 82.2 cm³/mol. The van der Waals surface area contributed by atoms with Crippen molar-refractivity contribution in [2.24, 2.45) is 0 Å². The van der Waals surface area contributed by atoms with Gasteiger partial charge in [-0.2, -0.15) is 13.2 Å². The maximum atomic E-state index is 12.7. The van der Waals surface area contributed by atoms with Gasteiger partial charge in [0.25, 0.3) is 0 Å². The first-order valence-corrected chi connectivity index (χ1v) is 7.07. The van der Waals surface area contributed by atoms with Gasteiger partial charge in [-0.05, 0) is 44.0 Å². The van der Waals surface area contributed by atoms with Gasteiger partial charge in [0.05, 0.1) is 23.4 Å². The first-order chi connectivity index (χ1) is 10.7. The third kappa shape index (κ3) is 4.31. The van der Waals surface area contributed by atoms with Crippen molar-refractivity contribution >= 4 is 11.6 Å². The van der Waals surface area contributed by atoms with Crippen LogP contribution in [0.25, 0.3) is 0 Å². The van der Waals surface area contributed by atoms with E-state index in [1.54, 1.807) is 6.92 Å². The van der Waals surface area contributed by atoms with Gasteiger partial charge in [0, 0.05) is 5.69 Å². The summed E-state index contributed by atoms with van der Waals surface area (Å²) in [5, 5.41) is 2.73. The molecular weight excluding hydrogens is 305 g/mol. The van der Waals surface area contributed by atoms with E-state index >= 15 is 0 Å². The Bertz CT molecular complexity index is 716. The molecule has 0 radical (unpaired) electrons. The molecule has 2 rings (SSSR count). The van der Waals surface area contributed by atoms with Gasteiger partial charge in [0.2, 0.25) is 5.91 Å². The summed E-state index contributed by atoms with van der Waals surface area (Å²) in [6, 6.07) is 6.62. The van der Waals surface area contributed by atoms with Crippen LogP contribution in [0.15, 0.2) is 30.3 Å². The number of nitrogens with one attached hydrogen (secondary N) is 1. The molecule has 3 nitrogen and oxygen atoms in total. The Morgan fingerprint density at radius 3 is 2.48 bits per heavy atom. The molecule has 2 aromatic rings. The largest absolute Gasteiger partial charge is 0.416 e. The smallest absolute Gasteiger partial charge is 0.324 e. The number of nitrogens with zero attached hydrogens (tertiary/aromatic N) is 1. The molecule has 0 aliphatic carbocycles. The van der Waals surface area contributed by atoms with Crippen molar-refractivity contribution in [2.75, 3.05) is 5.32 Å². The summed E-state index contributed by atoms with van der Waals surface area (Å²) in [7, 11) is 0. The van der Waals surface area contributed by atoms with E-state index in [1.165, 1.54) is 12.1 Å². The summed E-state index contributed by atoms with van der Waals surface area (Å²) >= 11 is 0. The molecule has 1 heterocycles. The molecule has 0 saturated carbocycles. The van der Waals surface area contributed by atoms with Gasteiger partial charge in [-0.25, -0.2) is 0 Å². The lowest BCUT2D eigenvalue weighted by Crippen LogP contribution is -2.17. The highest BCUT2D eigenvalue weighted by molar-refractivity contribution is 5.93. The van der Waals surface area contributed by atoms with Gasteiger partial charge in [-0.1, -0.05) is 18.2 Å². The number of pyridine rings is 1. The van der Waals surface area contributed by atoms with Crippen molar-refractivity contribution in [2.45, 2.75) is 33.4 Å². The lowest BCUT2D eigenvalue weighted by molar-refractivity contribution is -0.137. The van der Waals surface area contributed by atoms with E-state index in [-0.39, 0.29) is 12.3 Å². The van der Waals surface area contributed by atoms with Gasteiger partial charge >= 0.3 is 6.18 Å². The first-order valence-electron chi connectivity index (χ1n) is 7.07. The Kier molecular flexibility index (Phi) is 4.73. The highest BCUT2D eigenvalue weighted by Crippen LogP contribution is 2.29. The molecule has 0 aliphatic rings. The zero-order valence-corrected chi connectivity index (χ0v) is 13.1. The molecule has 0 bridgehead atoms. The zero-order valence-electron chi connectivity index (χ0n) is 13.1. The second kappa shape index (κ2) is 6.40. The maximum Gasteiger partial charge on any atom is 0.416 e. The van der Waals surface area contributed by atoms with E-state index < -0.39 is 11.7 Å². The predicted octanol–water partition coefficient (Wildman–Crippen LogP) is 4.21. The van der Waals surface area contributed by atoms with Crippen molar-refractivity contribution in [3.8, 4) is 0 Å². The molecule has 1 aromatic heterocycles. The number of hydrogen-bond acceptors (Lipinski definition) is 2. The second-order valence-corrected chi connectivity index (χ2v) is 5.46. The van der Waals surface area contributed by atoms with Crippen LogP contribution in [0, 0.1) is 20.8 Å². The number of hydrogen-bond donors (Lipinski definition) is 1. The van der Waals surface area contributed by atoms with Crippen LogP contribution in [0.4, 0.5) is 18.9 Å². The molecule has 0 atom stereocenters. The Morgan fingerprint density at radius 1 is 1.17 bits per heavy atom. The molecule has 0 unspecified atom stereocenters. The minimum Gasteiger partial charge on any atom is -0.324 e. The molecule has 1 aromatic carbocycles. The van der Waals surface area contributed by atoms with Crippen LogP contribution in [0.3, 0.4) is 0 Å². The molecule has 0 fully saturated rings. The standard InChI is InChI=1S/C17H17F3N2O/c1-10-7-11(2)21-12(3)16(10)22-15(23)9-13-5-4-6-14(8-13)17(18,19)20/h4-8H,9H2,1-3H3,(H,22,23). The molecule has 0 spiro atoms. The maximum absolute atomic E-state index is 12.7. The van der Waals surface area contributed by atoms with Crippen LogP contribution in [0.1, 0.15) is 28.1 Å². The monoisotopic (exact) mass is 322 g/mol. The SMILES string of the molecule is Cc1cc(C)c(NC(=O)Cc2cccc(C(F)(F)F)c2)c(C)n1. The highest BCUT2D eigenvalue weighted by Gasteiger charge is 2.30. The van der Waals surface area contributed by atoms with Crippen molar-refractivity contribution < 1.29 is 18.0 Å². The van der Waals surface area contributed by atoms with Gasteiger partial charge in [0.1, 0.15) is 0 Å². The third-order valence-corrected chi connectivity index (χ3v) is 3.41. The zero-order chi connectivity index (χ0) is 17.2. The van der Waals surface area contributed by atoms with E-state index in [9.17, 15) is 18.0 Å². The molecule has 1 N–H and O–H groups in total. The number of benzene rings is 1. The van der Waals surface area contributed by atoms with Crippen LogP contribution in [-0.2, 0) is 17.4 Å². The molecule has 0 aliphatic heterocycles. The summed E-state index contributed by atoms with van der Waals surface area (Å²) in [6.45, 7) is 5.48. The van der Waals surface area contributed by atoms with Crippen LogP contribution >= 0.6 is 0 Å². The van der Waals surface area contributed by atoms with E-state index in [0.717, 1.165) is 23.4 Å². The molecule has 6 heteroatoms. The summed E-state index contributed by atoms with van der Waals surface area (Å²) in [4.78, 5) is 16.4. The Morgan fingerprint density at radius 2 is 1.87 bits per heavy atom. The number of halogens is 3. The normalized spacial score (nSPS) is 11.4. The van der Waals surface area contributed by atoms with Crippen LogP contribution in [-0.4, -0.2) is 10.9 Å². The van der Waals surface area contributed by atoms with E-state index in [0.29, 0.717) is 16.9 Å². The quantitative estimate of drug-likeness (QED) is 0.920. The van der Waals surface area contributed by atoms with E-state index in [4.69, 9.17) is 0 Å². The van der Waals surface area contributed by atoms with Crippen LogP contribution in [0.5, 0.6) is 0 Å². The number of alkyl halides is 3. The number of amides is 1. The van der Waals surface area contributed by atoms with Gasteiger partial charge in [-0.15, -0.1) is 0 Å². The van der Waals surface area contributed by atoms with Gasteiger partial charge in [-0.3, -0.25) is 9.78 Å². The van der Waals surface area contributed by atoms with Gasteiger partial charge < -0.3 is 5.32 Å². The number of rotatable bonds is 3. The fourth-order valence-corrected chi connectivity index (χ4v) is 2.44. The summed E-state index contributed by atoms with van der Waals surface area (Å²) in [6.07, 6.45) is -4.54. The average Bonchev–Trinajstić information content (AvgIpc) is 2.42. The molecule has 122 valence electrons. The summed E-state index contributed by atoms with van der Waals surface area (Å²) < 4.78 is 38.1. The summed E-state index contributed by atoms with van der Waals surface area (Å²) in [5.41, 5.74) is 2.55. The van der Waals surface area contributed by atoms with Crippen LogP contribution < -0.4 is 5.32 Å². The lowest BCUT2D eigenvalue weighted by atomic mass is 10.1. The van der Waals surface area contributed by atoms with Gasteiger partial charge in [0.15, 0.2) is 0 Å². The van der Waals surface area contributed by atoms with E-state index in [1.807, 2.05) is 19.9 Å². The van der Waals surface area contributed by atoms with Crippen molar-refractivity contribution in [3.05, 3.63) is 58.4 Å². The van der Waals surface area contributed by atoms with E-state index in [2.05, 4.69) is 10.3 Å². The number of aryl methyl sites for hydroxylation is 3. The number of carbonyl (C=O) groups is 1. The second-order valence-electron chi connectivity index (χ2n) is 5.46. The van der Waals surface area contributed by atoms with Crippen molar-refractivity contribution in [3.63, 3.8) is 0 Å². The number of carbonyl (C=O) groups excluding carboxylic acids is 1. The van der Waals surface area contributed by atoms with Crippen molar-refractivity contribution in [1.29, 1.82) is 0 Å². The third-order valence-electron chi connectivity index (χ3n) is 3.41. The van der Waals surface area contributed by atoms with Crippen molar-refractivity contribution in [1.82, 2.24) is 4.98 Å². The minimum absolute atomic E-state index is 0.128. The molecular formula is C17H17F3N2O. The fraction of sp³-hybridized carbons (Fsp3) is 0.294. The number of aromatic nitrogens is 1. The topological polar surface area (TPSA) is 42.0 Å². The summed E-state index contributed by atoms with van der Waals surface area (Å²) in [5.74, 6) is -0.374. The molecule has 0 saturated heterocycles. The number of anilines is 1. The minimum atomic E-state index is -4.42.